The van der Waals surface area contributed by atoms with Gasteiger partial charge in [-0.05, 0) is 38.1 Å². The Balaban J connectivity index is 1.63. The van der Waals surface area contributed by atoms with E-state index in [-0.39, 0.29) is 30.7 Å². The molecule has 0 saturated carbocycles. The Kier molecular flexibility index (Phi) is 4.16. The molecule has 5 heteroatoms. The zero-order chi connectivity index (χ0) is 17.3. The van der Waals surface area contributed by atoms with Crippen LogP contribution in [-0.4, -0.2) is 29.2 Å². The Hall–Kier alpha value is -2.95. The Morgan fingerprint density at radius 1 is 0.917 bits per heavy atom. The van der Waals surface area contributed by atoms with Gasteiger partial charge < -0.3 is 5.32 Å². The van der Waals surface area contributed by atoms with E-state index in [0.29, 0.717) is 16.8 Å². The van der Waals surface area contributed by atoms with Gasteiger partial charge in [0, 0.05) is 18.7 Å². The highest BCUT2D eigenvalue weighted by atomic mass is 16.2. The number of carbonyl (C=O) groups excluding carboxylic acids is 3. The minimum absolute atomic E-state index is 0.0678. The van der Waals surface area contributed by atoms with Crippen LogP contribution in [0.4, 0.5) is 5.69 Å². The molecule has 1 aliphatic rings. The minimum Gasteiger partial charge on any atom is -0.326 e. The van der Waals surface area contributed by atoms with Gasteiger partial charge in [0.1, 0.15) is 0 Å². The molecule has 0 aromatic heterocycles. The number of amides is 3. The highest BCUT2D eigenvalue weighted by Gasteiger charge is 2.35. The van der Waals surface area contributed by atoms with Crippen molar-refractivity contribution >= 4 is 23.4 Å². The van der Waals surface area contributed by atoms with Gasteiger partial charge in [0.25, 0.3) is 11.8 Å². The number of nitrogens with zero attached hydrogens (tertiary/aromatic N) is 1. The minimum atomic E-state index is -0.335. The summed E-state index contributed by atoms with van der Waals surface area (Å²) in [5.74, 6) is -0.897. The van der Waals surface area contributed by atoms with E-state index in [2.05, 4.69) is 5.32 Å². The zero-order valence-electron chi connectivity index (χ0n) is 13.6. The summed E-state index contributed by atoms with van der Waals surface area (Å²) in [5.41, 5.74) is 3.55. The molecule has 5 nitrogen and oxygen atoms in total. The van der Waals surface area contributed by atoms with Gasteiger partial charge in [0.15, 0.2) is 0 Å². The van der Waals surface area contributed by atoms with E-state index in [4.69, 9.17) is 0 Å². The second-order valence-corrected chi connectivity index (χ2v) is 5.98. The summed E-state index contributed by atoms with van der Waals surface area (Å²) in [4.78, 5) is 37.8. The molecule has 0 atom stereocenters. The number of anilines is 1. The van der Waals surface area contributed by atoms with E-state index >= 15 is 0 Å². The molecule has 2 aromatic carbocycles. The first-order valence-corrected chi connectivity index (χ1v) is 7.79. The van der Waals surface area contributed by atoms with E-state index in [0.717, 1.165) is 16.0 Å². The van der Waals surface area contributed by atoms with E-state index in [1.54, 1.807) is 18.2 Å². The maximum Gasteiger partial charge on any atom is 0.261 e. The number of carbonyl (C=O) groups is 3. The van der Waals surface area contributed by atoms with Gasteiger partial charge in [-0.25, -0.2) is 0 Å². The molecule has 0 unspecified atom stereocenters. The van der Waals surface area contributed by atoms with Crippen molar-refractivity contribution in [2.24, 2.45) is 0 Å². The van der Waals surface area contributed by atoms with Crippen LogP contribution in [0, 0.1) is 13.8 Å². The Morgan fingerprint density at radius 2 is 1.54 bits per heavy atom. The van der Waals surface area contributed by atoms with E-state index in [1.807, 2.05) is 38.1 Å². The fourth-order valence-corrected chi connectivity index (χ4v) is 2.68. The van der Waals surface area contributed by atoms with Crippen LogP contribution in [0.5, 0.6) is 0 Å². The van der Waals surface area contributed by atoms with Crippen LogP contribution < -0.4 is 5.32 Å². The second-order valence-electron chi connectivity index (χ2n) is 5.98. The topological polar surface area (TPSA) is 66.5 Å². The smallest absolute Gasteiger partial charge is 0.261 e. The van der Waals surface area contributed by atoms with Gasteiger partial charge in [0.05, 0.1) is 11.1 Å². The SMILES string of the molecule is Cc1ccc(NC(=O)CCN2C(=O)c3ccc(C)cc3C2=O)cc1. The van der Waals surface area contributed by atoms with Crippen molar-refractivity contribution in [3.8, 4) is 0 Å². The van der Waals surface area contributed by atoms with Gasteiger partial charge >= 0.3 is 0 Å². The van der Waals surface area contributed by atoms with Crippen molar-refractivity contribution in [3.63, 3.8) is 0 Å². The molecule has 1 heterocycles. The molecule has 1 aliphatic heterocycles. The first-order chi connectivity index (χ1) is 11.5. The van der Waals surface area contributed by atoms with Gasteiger partial charge in [-0.3, -0.25) is 19.3 Å². The van der Waals surface area contributed by atoms with Crippen LogP contribution >= 0.6 is 0 Å². The lowest BCUT2D eigenvalue weighted by molar-refractivity contribution is -0.116. The normalized spacial score (nSPS) is 13.2. The third kappa shape index (κ3) is 3.06. The van der Waals surface area contributed by atoms with Crippen LogP contribution in [0.15, 0.2) is 42.5 Å². The van der Waals surface area contributed by atoms with Crippen molar-refractivity contribution in [2.45, 2.75) is 20.3 Å². The van der Waals surface area contributed by atoms with Crippen LogP contribution in [0.1, 0.15) is 38.3 Å². The molecule has 24 heavy (non-hydrogen) atoms. The van der Waals surface area contributed by atoms with Gasteiger partial charge in [-0.2, -0.15) is 0 Å². The molecule has 0 saturated heterocycles. The summed E-state index contributed by atoms with van der Waals surface area (Å²) in [6, 6.07) is 12.6. The van der Waals surface area contributed by atoms with E-state index < -0.39 is 0 Å². The van der Waals surface area contributed by atoms with Crippen molar-refractivity contribution in [3.05, 3.63) is 64.7 Å². The maximum atomic E-state index is 12.3. The molecular formula is C19H18N2O3. The van der Waals surface area contributed by atoms with E-state index in [1.165, 1.54) is 0 Å². The van der Waals surface area contributed by atoms with Crippen molar-refractivity contribution < 1.29 is 14.4 Å². The number of nitrogens with one attached hydrogen (secondary N) is 1. The summed E-state index contributed by atoms with van der Waals surface area (Å²) in [6.07, 6.45) is 0.0678. The number of imide groups is 1. The molecule has 122 valence electrons. The monoisotopic (exact) mass is 322 g/mol. The number of aryl methyl sites for hydroxylation is 2. The number of benzene rings is 2. The van der Waals surface area contributed by atoms with Crippen LogP contribution in [-0.2, 0) is 4.79 Å². The van der Waals surface area contributed by atoms with Crippen molar-refractivity contribution in [2.75, 3.05) is 11.9 Å². The lowest BCUT2D eigenvalue weighted by Crippen LogP contribution is -2.32. The summed E-state index contributed by atoms with van der Waals surface area (Å²) in [5, 5.41) is 2.76. The Labute approximate surface area is 140 Å². The standard InChI is InChI=1S/C19H18N2O3/c1-12-3-6-14(7-4-12)20-17(22)9-10-21-18(23)15-8-5-13(2)11-16(15)19(21)24/h3-8,11H,9-10H2,1-2H3,(H,20,22). The average Bonchev–Trinajstić information content (AvgIpc) is 2.78. The van der Waals surface area contributed by atoms with Crippen molar-refractivity contribution in [1.29, 1.82) is 0 Å². The summed E-state index contributed by atoms with van der Waals surface area (Å²) in [6.45, 7) is 3.91. The first kappa shape index (κ1) is 15.9. The Morgan fingerprint density at radius 3 is 2.25 bits per heavy atom. The third-order valence-electron chi connectivity index (χ3n) is 4.02. The number of hydrogen-bond donors (Lipinski definition) is 1. The molecular weight excluding hydrogens is 304 g/mol. The largest absolute Gasteiger partial charge is 0.326 e. The summed E-state index contributed by atoms with van der Waals surface area (Å²) < 4.78 is 0. The molecule has 3 amide bonds. The zero-order valence-corrected chi connectivity index (χ0v) is 13.6. The van der Waals surface area contributed by atoms with Crippen LogP contribution in [0.25, 0.3) is 0 Å². The number of rotatable bonds is 4. The predicted molar refractivity (Wildman–Crippen MR) is 91.0 cm³/mol. The quantitative estimate of drug-likeness (QED) is 0.880. The first-order valence-electron chi connectivity index (χ1n) is 7.79. The maximum absolute atomic E-state index is 12.3. The average molecular weight is 322 g/mol. The lowest BCUT2D eigenvalue weighted by atomic mass is 10.1. The molecule has 0 radical (unpaired) electrons. The van der Waals surface area contributed by atoms with Crippen LogP contribution in [0.2, 0.25) is 0 Å². The van der Waals surface area contributed by atoms with Gasteiger partial charge in [-0.15, -0.1) is 0 Å². The number of fused-ring (bicyclic) bond motifs is 1. The Bertz CT molecular complexity index is 825. The van der Waals surface area contributed by atoms with Gasteiger partial charge in [-0.1, -0.05) is 29.3 Å². The molecule has 2 aromatic rings. The fourth-order valence-electron chi connectivity index (χ4n) is 2.68. The number of hydrogen-bond acceptors (Lipinski definition) is 3. The summed E-state index contributed by atoms with van der Waals surface area (Å²) in [7, 11) is 0. The highest BCUT2D eigenvalue weighted by Crippen LogP contribution is 2.24. The van der Waals surface area contributed by atoms with Crippen molar-refractivity contribution in [1.82, 2.24) is 4.90 Å². The molecule has 1 N–H and O–H groups in total. The van der Waals surface area contributed by atoms with Crippen LogP contribution in [0.3, 0.4) is 0 Å². The third-order valence-corrected chi connectivity index (χ3v) is 4.02. The molecule has 3 rings (SSSR count). The predicted octanol–water partition coefficient (Wildman–Crippen LogP) is 2.93. The van der Waals surface area contributed by atoms with E-state index in [9.17, 15) is 14.4 Å². The molecule has 0 aliphatic carbocycles. The second kappa shape index (κ2) is 6.28. The lowest BCUT2D eigenvalue weighted by Gasteiger charge is -2.13. The highest BCUT2D eigenvalue weighted by molar-refractivity contribution is 6.21. The molecule has 0 fully saturated rings. The molecule has 0 spiro atoms. The summed E-state index contributed by atoms with van der Waals surface area (Å²) >= 11 is 0. The van der Waals surface area contributed by atoms with Gasteiger partial charge in [0.2, 0.25) is 5.91 Å². The molecule has 0 bridgehead atoms. The fraction of sp³-hybridized carbons (Fsp3) is 0.211.